The summed E-state index contributed by atoms with van der Waals surface area (Å²) in [6.07, 6.45) is 0.216. The molecule has 0 saturated heterocycles. The number of nitrogens with two attached hydrogens (primary N) is 2. The molecule has 14 heavy (non-hydrogen) atoms. The standard InChI is InChI=1S/C9H19N3O2/c1-4-12(6-7(10)13)8(14)5-9(2,3)11/h4-6,11H2,1-3H3,(H2,10,13). The van der Waals surface area contributed by atoms with E-state index in [1.807, 2.05) is 0 Å². The molecular weight excluding hydrogens is 182 g/mol. The second-order valence-corrected chi connectivity index (χ2v) is 4.04. The highest BCUT2D eigenvalue weighted by Crippen LogP contribution is 2.06. The van der Waals surface area contributed by atoms with Crippen LogP contribution in [-0.4, -0.2) is 35.3 Å². The molecule has 4 N–H and O–H groups in total. The van der Waals surface area contributed by atoms with Gasteiger partial charge in [-0.1, -0.05) is 0 Å². The Hall–Kier alpha value is -1.10. The molecule has 0 rings (SSSR count). The Morgan fingerprint density at radius 3 is 2.14 bits per heavy atom. The Balaban J connectivity index is 4.25. The molecule has 0 fully saturated rings. The Kier molecular flexibility index (Phi) is 4.56. The highest BCUT2D eigenvalue weighted by molar-refractivity contribution is 5.84. The van der Waals surface area contributed by atoms with Gasteiger partial charge in [0.05, 0.1) is 6.54 Å². The van der Waals surface area contributed by atoms with Crippen LogP contribution in [0.5, 0.6) is 0 Å². The highest BCUT2D eigenvalue weighted by atomic mass is 16.2. The van der Waals surface area contributed by atoms with Gasteiger partial charge in [0.1, 0.15) is 0 Å². The van der Waals surface area contributed by atoms with Gasteiger partial charge < -0.3 is 16.4 Å². The molecule has 0 spiro atoms. The maximum Gasteiger partial charge on any atom is 0.237 e. The van der Waals surface area contributed by atoms with E-state index in [2.05, 4.69) is 0 Å². The lowest BCUT2D eigenvalue weighted by molar-refractivity contribution is -0.135. The van der Waals surface area contributed by atoms with Crippen molar-refractivity contribution in [2.24, 2.45) is 11.5 Å². The second kappa shape index (κ2) is 4.95. The normalized spacial score (nSPS) is 11.1. The van der Waals surface area contributed by atoms with E-state index < -0.39 is 11.4 Å². The van der Waals surface area contributed by atoms with Crippen LogP contribution in [0.25, 0.3) is 0 Å². The summed E-state index contributed by atoms with van der Waals surface area (Å²) in [5.41, 5.74) is 10.1. The van der Waals surface area contributed by atoms with Gasteiger partial charge in [-0.3, -0.25) is 9.59 Å². The third-order valence-corrected chi connectivity index (χ3v) is 1.69. The summed E-state index contributed by atoms with van der Waals surface area (Å²) >= 11 is 0. The highest BCUT2D eigenvalue weighted by Gasteiger charge is 2.21. The smallest absolute Gasteiger partial charge is 0.237 e. The molecule has 0 aromatic carbocycles. The van der Waals surface area contributed by atoms with Crippen LogP contribution in [-0.2, 0) is 9.59 Å². The fraction of sp³-hybridized carbons (Fsp3) is 0.778. The molecule has 0 aliphatic rings. The van der Waals surface area contributed by atoms with Crippen LogP contribution in [0.3, 0.4) is 0 Å². The van der Waals surface area contributed by atoms with E-state index in [-0.39, 0.29) is 18.9 Å². The fourth-order valence-corrected chi connectivity index (χ4v) is 1.07. The average Bonchev–Trinajstić information content (AvgIpc) is 1.96. The van der Waals surface area contributed by atoms with Crippen molar-refractivity contribution in [3.63, 3.8) is 0 Å². The summed E-state index contributed by atoms with van der Waals surface area (Å²) in [4.78, 5) is 23.6. The maximum absolute atomic E-state index is 11.6. The first-order valence-electron chi connectivity index (χ1n) is 4.61. The van der Waals surface area contributed by atoms with Crippen molar-refractivity contribution in [3.8, 4) is 0 Å². The minimum Gasteiger partial charge on any atom is -0.368 e. The summed E-state index contributed by atoms with van der Waals surface area (Å²) in [6, 6.07) is 0. The monoisotopic (exact) mass is 201 g/mol. The third kappa shape index (κ3) is 5.53. The van der Waals surface area contributed by atoms with Crippen LogP contribution >= 0.6 is 0 Å². The molecule has 0 unspecified atom stereocenters. The zero-order valence-corrected chi connectivity index (χ0v) is 9.04. The Morgan fingerprint density at radius 2 is 1.86 bits per heavy atom. The van der Waals surface area contributed by atoms with Gasteiger partial charge in [0.2, 0.25) is 11.8 Å². The number of carbonyl (C=O) groups excluding carboxylic acids is 2. The van der Waals surface area contributed by atoms with Crippen molar-refractivity contribution >= 4 is 11.8 Å². The van der Waals surface area contributed by atoms with Crippen LogP contribution in [0.4, 0.5) is 0 Å². The van der Waals surface area contributed by atoms with Gasteiger partial charge in [-0.05, 0) is 20.8 Å². The largest absolute Gasteiger partial charge is 0.368 e. The van der Waals surface area contributed by atoms with Gasteiger partial charge in [0.15, 0.2) is 0 Å². The van der Waals surface area contributed by atoms with Crippen LogP contribution in [0.15, 0.2) is 0 Å². The predicted molar refractivity (Wildman–Crippen MR) is 54.3 cm³/mol. The lowest BCUT2D eigenvalue weighted by atomic mass is 10.0. The Bertz CT molecular complexity index is 221. The minimum atomic E-state index is -0.553. The summed E-state index contributed by atoms with van der Waals surface area (Å²) in [7, 11) is 0. The maximum atomic E-state index is 11.6. The molecule has 0 aliphatic carbocycles. The van der Waals surface area contributed by atoms with E-state index in [1.54, 1.807) is 20.8 Å². The predicted octanol–water partition coefficient (Wildman–Crippen LogP) is -0.552. The SMILES string of the molecule is CCN(CC(N)=O)C(=O)CC(C)(C)N. The molecule has 5 nitrogen and oxygen atoms in total. The van der Waals surface area contributed by atoms with Gasteiger partial charge in [-0.15, -0.1) is 0 Å². The van der Waals surface area contributed by atoms with E-state index in [9.17, 15) is 9.59 Å². The van der Waals surface area contributed by atoms with Gasteiger partial charge in [-0.2, -0.15) is 0 Å². The first kappa shape index (κ1) is 12.9. The molecule has 0 bridgehead atoms. The van der Waals surface area contributed by atoms with Gasteiger partial charge in [-0.25, -0.2) is 0 Å². The lowest BCUT2D eigenvalue weighted by Gasteiger charge is -2.24. The fourth-order valence-electron chi connectivity index (χ4n) is 1.07. The van der Waals surface area contributed by atoms with Gasteiger partial charge in [0, 0.05) is 18.5 Å². The molecule has 0 aliphatic heterocycles. The van der Waals surface area contributed by atoms with E-state index >= 15 is 0 Å². The van der Waals surface area contributed by atoms with Gasteiger partial charge in [0.25, 0.3) is 0 Å². The molecule has 0 atom stereocenters. The van der Waals surface area contributed by atoms with Crippen molar-refractivity contribution < 1.29 is 9.59 Å². The quantitative estimate of drug-likeness (QED) is 0.625. The molecular formula is C9H19N3O2. The molecule has 2 amide bonds. The topological polar surface area (TPSA) is 89.4 Å². The number of likely N-dealkylation sites (N-methyl/N-ethyl adjacent to an activating group) is 1. The third-order valence-electron chi connectivity index (χ3n) is 1.69. The first-order valence-corrected chi connectivity index (χ1v) is 4.61. The Labute approximate surface area is 84.4 Å². The zero-order valence-electron chi connectivity index (χ0n) is 9.04. The van der Waals surface area contributed by atoms with Crippen LogP contribution in [0, 0.1) is 0 Å². The molecule has 0 saturated carbocycles. The molecule has 0 heterocycles. The number of primary amides is 1. The van der Waals surface area contributed by atoms with Crippen molar-refractivity contribution in [2.45, 2.75) is 32.7 Å². The van der Waals surface area contributed by atoms with Crippen molar-refractivity contribution in [1.82, 2.24) is 4.90 Å². The number of hydrogen-bond acceptors (Lipinski definition) is 3. The van der Waals surface area contributed by atoms with E-state index in [4.69, 9.17) is 11.5 Å². The number of hydrogen-bond donors (Lipinski definition) is 2. The number of carbonyl (C=O) groups is 2. The molecule has 82 valence electrons. The molecule has 0 radical (unpaired) electrons. The summed E-state index contributed by atoms with van der Waals surface area (Å²) in [5, 5.41) is 0. The molecule has 0 aromatic rings. The van der Waals surface area contributed by atoms with Crippen molar-refractivity contribution in [1.29, 1.82) is 0 Å². The van der Waals surface area contributed by atoms with Crippen molar-refractivity contribution in [2.75, 3.05) is 13.1 Å². The zero-order chi connectivity index (χ0) is 11.4. The van der Waals surface area contributed by atoms with Crippen LogP contribution < -0.4 is 11.5 Å². The summed E-state index contributed by atoms with van der Waals surface area (Å²) < 4.78 is 0. The lowest BCUT2D eigenvalue weighted by Crippen LogP contribution is -2.44. The average molecular weight is 201 g/mol. The number of rotatable bonds is 5. The van der Waals surface area contributed by atoms with E-state index in [0.717, 1.165) is 0 Å². The number of nitrogens with zero attached hydrogens (tertiary/aromatic N) is 1. The second-order valence-electron chi connectivity index (χ2n) is 4.04. The minimum absolute atomic E-state index is 0.0363. The van der Waals surface area contributed by atoms with Gasteiger partial charge >= 0.3 is 0 Å². The molecule has 5 heteroatoms. The molecule has 0 aromatic heterocycles. The summed E-state index contributed by atoms with van der Waals surface area (Å²) in [6.45, 7) is 5.76. The van der Waals surface area contributed by atoms with Crippen LogP contribution in [0.1, 0.15) is 27.2 Å². The Morgan fingerprint density at radius 1 is 1.36 bits per heavy atom. The van der Waals surface area contributed by atoms with Crippen LogP contribution in [0.2, 0.25) is 0 Å². The van der Waals surface area contributed by atoms with E-state index in [1.165, 1.54) is 4.90 Å². The number of amides is 2. The summed E-state index contributed by atoms with van der Waals surface area (Å²) in [5.74, 6) is -0.645. The van der Waals surface area contributed by atoms with Crippen molar-refractivity contribution in [3.05, 3.63) is 0 Å². The first-order chi connectivity index (χ1) is 6.26. The van der Waals surface area contributed by atoms with E-state index in [0.29, 0.717) is 6.54 Å².